The number of pyridine rings is 1. The zero-order chi connectivity index (χ0) is 13.7. The predicted molar refractivity (Wildman–Crippen MR) is 80.8 cm³/mol. The molecule has 0 atom stereocenters. The van der Waals surface area contributed by atoms with Gasteiger partial charge in [-0.2, -0.15) is 0 Å². The fourth-order valence-electron chi connectivity index (χ4n) is 2.90. The van der Waals surface area contributed by atoms with Gasteiger partial charge in [0.15, 0.2) is 0 Å². The third kappa shape index (κ3) is 1.73. The Bertz CT molecular complexity index is 777. The Morgan fingerprint density at radius 2 is 2.00 bits per heavy atom. The van der Waals surface area contributed by atoms with E-state index in [1.54, 1.807) is 0 Å². The molecule has 1 N–H and O–H groups in total. The van der Waals surface area contributed by atoms with Crippen LogP contribution >= 0.6 is 0 Å². The molecule has 0 unspecified atom stereocenters. The van der Waals surface area contributed by atoms with Crippen molar-refractivity contribution in [3.05, 3.63) is 47.5 Å². The highest BCUT2D eigenvalue weighted by atomic mass is 14.9. The first-order chi connectivity index (χ1) is 9.74. The number of aromatic amines is 1. The molecule has 2 aromatic heterocycles. The van der Waals surface area contributed by atoms with Crippen molar-refractivity contribution in [1.82, 2.24) is 15.0 Å². The van der Waals surface area contributed by atoms with Crippen LogP contribution in [0.25, 0.3) is 22.2 Å². The molecule has 1 saturated carbocycles. The van der Waals surface area contributed by atoms with Gasteiger partial charge in [-0.25, -0.2) is 4.98 Å². The Hall–Kier alpha value is -2.16. The average Bonchev–Trinajstić information content (AvgIpc) is 3.18. The molecule has 3 heteroatoms. The lowest BCUT2D eigenvalue weighted by atomic mass is 9.98. The van der Waals surface area contributed by atoms with Crippen molar-refractivity contribution in [2.24, 2.45) is 0 Å². The number of benzene rings is 1. The van der Waals surface area contributed by atoms with Crippen molar-refractivity contribution in [1.29, 1.82) is 0 Å². The Morgan fingerprint density at radius 1 is 1.15 bits per heavy atom. The highest BCUT2D eigenvalue weighted by molar-refractivity contribution is 5.93. The summed E-state index contributed by atoms with van der Waals surface area (Å²) in [6.07, 6.45) is 4.40. The number of para-hydroxylation sites is 1. The number of fused-ring (bicyclic) bond motifs is 1. The molecule has 0 spiro atoms. The first kappa shape index (κ1) is 11.6. The zero-order valence-electron chi connectivity index (χ0n) is 11.8. The number of rotatable bonds is 2. The van der Waals surface area contributed by atoms with Crippen LogP contribution in [0, 0.1) is 13.8 Å². The molecule has 1 fully saturated rings. The summed E-state index contributed by atoms with van der Waals surface area (Å²) < 4.78 is 0. The minimum atomic E-state index is 0.645. The van der Waals surface area contributed by atoms with Crippen LogP contribution in [0.15, 0.2) is 30.5 Å². The number of nitrogens with one attached hydrogen (secondary N) is 1. The lowest BCUT2D eigenvalue weighted by molar-refractivity contribution is 0.986. The average molecular weight is 263 g/mol. The molecule has 2 heterocycles. The molecule has 0 saturated heterocycles. The van der Waals surface area contributed by atoms with Crippen LogP contribution in [-0.2, 0) is 0 Å². The van der Waals surface area contributed by atoms with E-state index in [9.17, 15) is 0 Å². The Morgan fingerprint density at radius 3 is 2.75 bits per heavy atom. The van der Waals surface area contributed by atoms with Crippen molar-refractivity contribution in [3.8, 4) is 11.1 Å². The van der Waals surface area contributed by atoms with Gasteiger partial charge in [0, 0.05) is 28.9 Å². The van der Waals surface area contributed by atoms with E-state index in [2.05, 4.69) is 48.1 Å². The monoisotopic (exact) mass is 263 g/mol. The van der Waals surface area contributed by atoms with Crippen LogP contribution in [0.5, 0.6) is 0 Å². The van der Waals surface area contributed by atoms with Gasteiger partial charge in [0.1, 0.15) is 5.82 Å². The minimum absolute atomic E-state index is 0.645. The van der Waals surface area contributed by atoms with E-state index in [0.29, 0.717) is 5.92 Å². The van der Waals surface area contributed by atoms with Gasteiger partial charge in [0.2, 0.25) is 0 Å². The predicted octanol–water partition coefficient (Wildman–Crippen LogP) is 4.12. The van der Waals surface area contributed by atoms with E-state index in [1.165, 1.54) is 29.5 Å². The van der Waals surface area contributed by atoms with Crippen molar-refractivity contribution in [3.63, 3.8) is 0 Å². The molecule has 100 valence electrons. The molecule has 3 aromatic rings. The van der Waals surface area contributed by atoms with E-state index >= 15 is 0 Å². The van der Waals surface area contributed by atoms with Gasteiger partial charge in [-0.3, -0.25) is 4.98 Å². The fraction of sp³-hybridized carbons (Fsp3) is 0.294. The number of hydrogen-bond donors (Lipinski definition) is 1. The highest BCUT2D eigenvalue weighted by Gasteiger charge is 2.27. The molecular formula is C17H17N3. The van der Waals surface area contributed by atoms with Crippen LogP contribution in [0.4, 0.5) is 0 Å². The third-order valence-electron chi connectivity index (χ3n) is 4.11. The maximum atomic E-state index is 4.85. The minimum Gasteiger partial charge on any atom is -0.342 e. The van der Waals surface area contributed by atoms with Gasteiger partial charge in [-0.05, 0) is 44.4 Å². The van der Waals surface area contributed by atoms with Crippen molar-refractivity contribution in [2.45, 2.75) is 32.6 Å². The van der Waals surface area contributed by atoms with Crippen LogP contribution in [0.2, 0.25) is 0 Å². The molecule has 1 aromatic carbocycles. The van der Waals surface area contributed by atoms with Crippen LogP contribution in [-0.4, -0.2) is 15.0 Å². The molecule has 0 bridgehead atoms. The summed E-state index contributed by atoms with van der Waals surface area (Å²) in [5.74, 6) is 1.79. The summed E-state index contributed by atoms with van der Waals surface area (Å²) in [5.41, 5.74) is 6.93. The van der Waals surface area contributed by atoms with Crippen LogP contribution in [0.3, 0.4) is 0 Å². The van der Waals surface area contributed by atoms with E-state index in [0.717, 1.165) is 22.6 Å². The van der Waals surface area contributed by atoms with E-state index in [-0.39, 0.29) is 0 Å². The van der Waals surface area contributed by atoms with Gasteiger partial charge >= 0.3 is 0 Å². The second-order valence-corrected chi connectivity index (χ2v) is 5.69. The van der Waals surface area contributed by atoms with Crippen LogP contribution < -0.4 is 0 Å². The SMILES string of the molecule is Cc1ccnc(C)c1-c1cccc2[nH]c(C3CC3)nc12. The summed E-state index contributed by atoms with van der Waals surface area (Å²) in [6.45, 7) is 4.20. The van der Waals surface area contributed by atoms with Gasteiger partial charge in [-0.1, -0.05) is 12.1 Å². The molecule has 0 amide bonds. The molecule has 1 aliphatic rings. The second-order valence-electron chi connectivity index (χ2n) is 5.69. The van der Waals surface area contributed by atoms with Crippen molar-refractivity contribution in [2.75, 3.05) is 0 Å². The number of H-pyrrole nitrogens is 1. The molecule has 4 rings (SSSR count). The number of hydrogen-bond acceptors (Lipinski definition) is 2. The number of aromatic nitrogens is 3. The van der Waals surface area contributed by atoms with Gasteiger partial charge in [0.05, 0.1) is 11.0 Å². The quantitative estimate of drug-likeness (QED) is 0.755. The molecule has 3 nitrogen and oxygen atoms in total. The van der Waals surface area contributed by atoms with E-state index in [1.807, 2.05) is 6.20 Å². The largest absolute Gasteiger partial charge is 0.342 e. The third-order valence-corrected chi connectivity index (χ3v) is 4.11. The highest BCUT2D eigenvalue weighted by Crippen LogP contribution is 2.40. The molecular weight excluding hydrogens is 246 g/mol. The smallest absolute Gasteiger partial charge is 0.110 e. The molecule has 20 heavy (non-hydrogen) atoms. The molecule has 0 radical (unpaired) electrons. The Kier molecular flexibility index (Phi) is 2.43. The normalized spacial score (nSPS) is 14.9. The van der Waals surface area contributed by atoms with Crippen molar-refractivity contribution >= 4 is 11.0 Å². The molecule has 1 aliphatic carbocycles. The zero-order valence-corrected chi connectivity index (χ0v) is 11.8. The topological polar surface area (TPSA) is 41.6 Å². The summed E-state index contributed by atoms with van der Waals surface area (Å²) in [7, 11) is 0. The first-order valence-electron chi connectivity index (χ1n) is 7.15. The summed E-state index contributed by atoms with van der Waals surface area (Å²) in [4.78, 5) is 12.8. The summed E-state index contributed by atoms with van der Waals surface area (Å²) in [6, 6.07) is 8.42. The van der Waals surface area contributed by atoms with Crippen LogP contribution in [0.1, 0.15) is 35.8 Å². The van der Waals surface area contributed by atoms with Gasteiger partial charge < -0.3 is 4.98 Å². The standard InChI is InChI=1S/C17H17N3/c1-10-8-9-18-11(2)15(10)13-4-3-5-14-16(13)20-17(19-14)12-6-7-12/h3-5,8-9,12H,6-7H2,1-2H3,(H,19,20). The van der Waals surface area contributed by atoms with Gasteiger partial charge in [-0.15, -0.1) is 0 Å². The fourth-order valence-corrected chi connectivity index (χ4v) is 2.90. The molecule has 0 aliphatic heterocycles. The summed E-state index contributed by atoms with van der Waals surface area (Å²) >= 11 is 0. The number of imidazole rings is 1. The Labute approximate surface area is 118 Å². The van der Waals surface area contributed by atoms with Crippen molar-refractivity contribution < 1.29 is 0 Å². The van der Waals surface area contributed by atoms with Gasteiger partial charge in [0.25, 0.3) is 0 Å². The first-order valence-corrected chi connectivity index (χ1v) is 7.15. The van der Waals surface area contributed by atoms with E-state index < -0.39 is 0 Å². The number of aryl methyl sites for hydroxylation is 2. The second kappa shape index (κ2) is 4.17. The summed E-state index contributed by atoms with van der Waals surface area (Å²) in [5, 5.41) is 0. The maximum Gasteiger partial charge on any atom is 0.110 e. The number of nitrogens with zero attached hydrogens (tertiary/aromatic N) is 2. The van der Waals surface area contributed by atoms with E-state index in [4.69, 9.17) is 4.98 Å². The lowest BCUT2D eigenvalue weighted by Crippen LogP contribution is -1.92. The Balaban J connectivity index is 1.99. The maximum absolute atomic E-state index is 4.85. The lowest BCUT2D eigenvalue weighted by Gasteiger charge is -2.09.